The Kier molecular flexibility index (Phi) is 5.35. The van der Waals surface area contributed by atoms with Crippen molar-refractivity contribution >= 4 is 33.4 Å². The van der Waals surface area contributed by atoms with Gasteiger partial charge in [-0.25, -0.2) is 0 Å². The van der Waals surface area contributed by atoms with Crippen molar-refractivity contribution in [1.29, 1.82) is 0 Å². The molecule has 6 nitrogen and oxygen atoms in total. The van der Waals surface area contributed by atoms with Crippen molar-refractivity contribution in [2.24, 2.45) is 0 Å². The number of rotatable bonds is 5. The van der Waals surface area contributed by atoms with E-state index >= 15 is 0 Å². The van der Waals surface area contributed by atoms with Crippen molar-refractivity contribution in [3.05, 3.63) is 58.1 Å². The lowest BCUT2D eigenvalue weighted by Gasteiger charge is -2.24. The molecule has 0 aliphatic carbocycles. The van der Waals surface area contributed by atoms with Crippen LogP contribution in [0.25, 0.3) is 0 Å². The van der Waals surface area contributed by atoms with Crippen LogP contribution < -0.4 is 10.1 Å². The molecule has 0 aromatic heterocycles. The molecule has 2 aromatic carbocycles. The Morgan fingerprint density at radius 2 is 2.08 bits per heavy atom. The summed E-state index contributed by atoms with van der Waals surface area (Å²) < 4.78 is 6.27. The predicted octanol–water partition coefficient (Wildman–Crippen LogP) is 2.41. The van der Waals surface area contributed by atoms with Gasteiger partial charge in [-0.05, 0) is 29.8 Å². The fourth-order valence-electron chi connectivity index (χ4n) is 2.60. The first-order chi connectivity index (χ1) is 12.1. The number of hydrogen-bond donors (Lipinski definition) is 2. The second-order valence-electron chi connectivity index (χ2n) is 5.59. The molecule has 0 saturated heterocycles. The molecule has 0 bridgehead atoms. The van der Waals surface area contributed by atoms with Crippen molar-refractivity contribution < 1.29 is 19.4 Å². The highest BCUT2D eigenvalue weighted by molar-refractivity contribution is 9.10. The number of aliphatic hydroxyl groups excluding tert-OH is 1. The summed E-state index contributed by atoms with van der Waals surface area (Å²) in [5.74, 6) is 0.0332. The SMILES string of the molecule is O=C1COc2cc(C(=O)N(CCO)Cc3ccccc3Br)ccc2N1. The third kappa shape index (κ3) is 4.00. The van der Waals surface area contributed by atoms with Gasteiger partial charge in [-0.1, -0.05) is 34.1 Å². The van der Waals surface area contributed by atoms with Crippen molar-refractivity contribution in [3.63, 3.8) is 0 Å². The fourth-order valence-corrected chi connectivity index (χ4v) is 3.01. The van der Waals surface area contributed by atoms with Crippen LogP contribution in [0.3, 0.4) is 0 Å². The minimum Gasteiger partial charge on any atom is -0.482 e. The van der Waals surface area contributed by atoms with Gasteiger partial charge in [-0.3, -0.25) is 9.59 Å². The van der Waals surface area contributed by atoms with E-state index in [4.69, 9.17) is 4.74 Å². The predicted molar refractivity (Wildman–Crippen MR) is 96.5 cm³/mol. The summed E-state index contributed by atoms with van der Waals surface area (Å²) in [6.07, 6.45) is 0. The van der Waals surface area contributed by atoms with Crippen LogP contribution in [-0.4, -0.2) is 41.6 Å². The number of amides is 2. The molecule has 1 aliphatic rings. The highest BCUT2D eigenvalue weighted by Gasteiger charge is 2.21. The van der Waals surface area contributed by atoms with Crippen molar-refractivity contribution in [2.75, 3.05) is 25.1 Å². The van der Waals surface area contributed by atoms with Gasteiger partial charge in [0, 0.05) is 23.1 Å². The van der Waals surface area contributed by atoms with Crippen molar-refractivity contribution in [3.8, 4) is 5.75 Å². The third-order valence-electron chi connectivity index (χ3n) is 3.84. The summed E-state index contributed by atoms with van der Waals surface area (Å²) in [5, 5.41) is 12.0. The molecule has 2 aromatic rings. The van der Waals surface area contributed by atoms with Gasteiger partial charge in [0.15, 0.2) is 6.61 Å². The minimum atomic E-state index is -0.220. The zero-order valence-electron chi connectivity index (χ0n) is 13.4. The van der Waals surface area contributed by atoms with Crippen molar-refractivity contribution in [1.82, 2.24) is 4.90 Å². The number of ether oxygens (including phenoxy) is 1. The average molecular weight is 405 g/mol. The van der Waals surface area contributed by atoms with Crippen LogP contribution in [0.2, 0.25) is 0 Å². The molecule has 0 saturated carbocycles. The first kappa shape index (κ1) is 17.4. The van der Waals surface area contributed by atoms with Crippen LogP contribution in [0.15, 0.2) is 46.9 Å². The Balaban J connectivity index is 1.83. The maximum absolute atomic E-state index is 12.9. The van der Waals surface area contributed by atoms with Gasteiger partial charge in [0.25, 0.3) is 11.8 Å². The van der Waals surface area contributed by atoms with E-state index in [1.54, 1.807) is 23.1 Å². The summed E-state index contributed by atoms with van der Waals surface area (Å²) in [7, 11) is 0. The summed E-state index contributed by atoms with van der Waals surface area (Å²) in [6, 6.07) is 12.5. The lowest BCUT2D eigenvalue weighted by atomic mass is 10.1. The monoisotopic (exact) mass is 404 g/mol. The van der Waals surface area contributed by atoms with Gasteiger partial charge >= 0.3 is 0 Å². The van der Waals surface area contributed by atoms with E-state index in [9.17, 15) is 14.7 Å². The first-order valence-corrected chi connectivity index (χ1v) is 8.58. The Hall–Kier alpha value is -2.38. The Bertz CT molecular complexity index is 809. The fraction of sp³-hybridized carbons (Fsp3) is 0.222. The van der Waals surface area contributed by atoms with Crippen LogP contribution in [0.5, 0.6) is 5.75 Å². The molecule has 7 heteroatoms. The second kappa shape index (κ2) is 7.67. The number of hydrogen-bond acceptors (Lipinski definition) is 4. The van der Waals surface area contributed by atoms with Crippen LogP contribution in [0, 0.1) is 0 Å². The summed E-state index contributed by atoms with van der Waals surface area (Å²) >= 11 is 3.48. The number of fused-ring (bicyclic) bond motifs is 1. The van der Waals surface area contributed by atoms with Gasteiger partial charge in [0.2, 0.25) is 0 Å². The van der Waals surface area contributed by atoms with Gasteiger partial charge in [-0.2, -0.15) is 0 Å². The first-order valence-electron chi connectivity index (χ1n) is 7.78. The standard InChI is InChI=1S/C18H17BrN2O4/c19-14-4-2-1-3-13(14)10-21(7-8-22)18(24)12-5-6-15-16(9-12)25-11-17(23)20-15/h1-6,9,22H,7-8,10-11H2,(H,20,23). The molecule has 2 N–H and O–H groups in total. The van der Waals surface area contributed by atoms with E-state index in [1.165, 1.54) is 0 Å². The lowest BCUT2D eigenvalue weighted by molar-refractivity contribution is -0.118. The number of nitrogens with one attached hydrogen (secondary N) is 1. The molecule has 0 radical (unpaired) electrons. The quantitative estimate of drug-likeness (QED) is 0.801. The summed E-state index contributed by atoms with van der Waals surface area (Å²) in [5.41, 5.74) is 1.94. The maximum Gasteiger partial charge on any atom is 0.262 e. The molecule has 130 valence electrons. The number of nitrogens with zero attached hydrogens (tertiary/aromatic N) is 1. The topological polar surface area (TPSA) is 78.9 Å². The lowest BCUT2D eigenvalue weighted by Crippen LogP contribution is -2.33. The van der Waals surface area contributed by atoms with E-state index in [1.807, 2.05) is 24.3 Å². The minimum absolute atomic E-state index is 0.0675. The molecular formula is C18H17BrN2O4. The second-order valence-corrected chi connectivity index (χ2v) is 6.44. The summed E-state index contributed by atoms with van der Waals surface area (Å²) in [4.78, 5) is 25.8. The van der Waals surface area contributed by atoms with Crippen LogP contribution in [-0.2, 0) is 11.3 Å². The third-order valence-corrected chi connectivity index (χ3v) is 4.61. The molecular weight excluding hydrogens is 388 g/mol. The molecule has 1 heterocycles. The van der Waals surface area contributed by atoms with Gasteiger partial charge in [0.05, 0.1) is 12.3 Å². The van der Waals surface area contributed by atoms with Crippen molar-refractivity contribution in [2.45, 2.75) is 6.54 Å². The van der Waals surface area contributed by atoms with Crippen LogP contribution in [0.1, 0.15) is 15.9 Å². The Morgan fingerprint density at radius 1 is 1.28 bits per heavy atom. The van der Waals surface area contributed by atoms with E-state index in [2.05, 4.69) is 21.2 Å². The van der Waals surface area contributed by atoms with Gasteiger partial charge in [-0.15, -0.1) is 0 Å². The number of carbonyl (C=O) groups is 2. The molecule has 3 rings (SSSR count). The molecule has 2 amide bonds. The number of anilines is 1. The number of benzene rings is 2. The molecule has 0 spiro atoms. The highest BCUT2D eigenvalue weighted by atomic mass is 79.9. The molecule has 1 aliphatic heterocycles. The maximum atomic E-state index is 12.9. The smallest absolute Gasteiger partial charge is 0.262 e. The normalized spacial score (nSPS) is 12.8. The van der Waals surface area contributed by atoms with Crippen LogP contribution in [0.4, 0.5) is 5.69 Å². The average Bonchev–Trinajstić information content (AvgIpc) is 2.62. The zero-order valence-corrected chi connectivity index (χ0v) is 15.0. The summed E-state index contributed by atoms with van der Waals surface area (Å²) in [6.45, 7) is 0.389. The Morgan fingerprint density at radius 3 is 2.84 bits per heavy atom. The van der Waals surface area contributed by atoms with E-state index in [-0.39, 0.29) is 31.6 Å². The van der Waals surface area contributed by atoms with E-state index < -0.39 is 0 Å². The largest absolute Gasteiger partial charge is 0.482 e. The number of carbonyl (C=O) groups excluding carboxylic acids is 2. The zero-order chi connectivity index (χ0) is 17.8. The van der Waals surface area contributed by atoms with Gasteiger partial charge in [0.1, 0.15) is 5.75 Å². The number of aliphatic hydroxyl groups is 1. The molecule has 0 unspecified atom stereocenters. The van der Waals surface area contributed by atoms with E-state index in [0.29, 0.717) is 23.5 Å². The van der Waals surface area contributed by atoms with Gasteiger partial charge < -0.3 is 20.1 Å². The Labute approximate surface area is 153 Å². The molecule has 0 fully saturated rings. The van der Waals surface area contributed by atoms with Crippen LogP contribution >= 0.6 is 15.9 Å². The van der Waals surface area contributed by atoms with E-state index in [0.717, 1.165) is 10.0 Å². The molecule has 25 heavy (non-hydrogen) atoms. The highest BCUT2D eigenvalue weighted by Crippen LogP contribution is 2.29. The number of halogens is 1. The molecule has 0 atom stereocenters.